The highest BCUT2D eigenvalue weighted by Crippen LogP contribution is 2.17. The average Bonchev–Trinajstić information content (AvgIpc) is 3.33. The standard InChI is InChI=1S/C63H115NO3/c1-3-5-7-9-11-13-15-17-19-21-23-25-27-28-29-30-31-32-33-34-35-37-38-40-42-44-46-48-50-52-54-56-58-62(66)61(60-65)64-63(67)59-57-55-53-51-49-47-45-43-41-39-36-26-24-22-20-18-16-14-12-10-8-6-4-2/h6,8,12,14,18,20,24,26,48,50,56,58,61-62,65-66H,3-5,7,9-11,13,15-17,19,21-23,25,27-47,49,51-55,57,59-60H2,1-2H3,(H,64,67)/b8-6-,14-12-,20-18-,26-24-,50-48+,58-56+. The van der Waals surface area contributed by atoms with Crippen LogP contribution in [0, 0.1) is 0 Å². The molecule has 0 aromatic rings. The minimum absolute atomic E-state index is 0.0780. The van der Waals surface area contributed by atoms with Crippen molar-refractivity contribution in [2.75, 3.05) is 6.61 Å². The molecule has 4 nitrogen and oxygen atoms in total. The number of carbonyl (C=O) groups is 1. The lowest BCUT2D eigenvalue weighted by Gasteiger charge is -2.19. The van der Waals surface area contributed by atoms with E-state index in [1.165, 1.54) is 225 Å². The summed E-state index contributed by atoms with van der Waals surface area (Å²) in [5.41, 5.74) is 0. The van der Waals surface area contributed by atoms with E-state index < -0.39 is 12.1 Å². The van der Waals surface area contributed by atoms with E-state index in [4.69, 9.17) is 0 Å². The smallest absolute Gasteiger partial charge is 0.220 e. The van der Waals surface area contributed by atoms with Crippen molar-refractivity contribution in [1.29, 1.82) is 0 Å². The van der Waals surface area contributed by atoms with Gasteiger partial charge in [-0.25, -0.2) is 0 Å². The Labute approximate surface area is 419 Å². The fourth-order valence-corrected chi connectivity index (χ4v) is 8.95. The number of carbonyl (C=O) groups excluding carboxylic acids is 1. The molecule has 0 aliphatic rings. The Bertz CT molecular complexity index is 1150. The number of aliphatic hydroxyl groups excluding tert-OH is 2. The molecule has 0 saturated heterocycles. The van der Waals surface area contributed by atoms with Crippen molar-refractivity contribution in [3.63, 3.8) is 0 Å². The lowest BCUT2D eigenvalue weighted by molar-refractivity contribution is -0.123. The van der Waals surface area contributed by atoms with Crippen LogP contribution in [0.25, 0.3) is 0 Å². The van der Waals surface area contributed by atoms with Crippen LogP contribution in [0.1, 0.15) is 303 Å². The van der Waals surface area contributed by atoms with Gasteiger partial charge in [-0.15, -0.1) is 0 Å². The molecule has 4 heteroatoms. The van der Waals surface area contributed by atoms with Crippen molar-refractivity contribution < 1.29 is 15.0 Å². The van der Waals surface area contributed by atoms with Gasteiger partial charge in [-0.2, -0.15) is 0 Å². The summed E-state index contributed by atoms with van der Waals surface area (Å²) in [4.78, 5) is 12.5. The van der Waals surface area contributed by atoms with Crippen LogP contribution < -0.4 is 5.32 Å². The molecule has 0 fully saturated rings. The molecule has 0 aliphatic carbocycles. The van der Waals surface area contributed by atoms with Gasteiger partial charge in [-0.1, -0.05) is 299 Å². The lowest BCUT2D eigenvalue weighted by Crippen LogP contribution is -2.45. The number of amides is 1. The van der Waals surface area contributed by atoms with Gasteiger partial charge in [0.2, 0.25) is 5.91 Å². The van der Waals surface area contributed by atoms with Gasteiger partial charge in [0.05, 0.1) is 18.8 Å². The first-order valence-corrected chi connectivity index (χ1v) is 29.7. The predicted molar refractivity (Wildman–Crippen MR) is 299 cm³/mol. The second-order valence-corrected chi connectivity index (χ2v) is 20.0. The molecule has 0 radical (unpaired) electrons. The van der Waals surface area contributed by atoms with Crippen LogP contribution in [0.3, 0.4) is 0 Å². The van der Waals surface area contributed by atoms with E-state index in [2.05, 4.69) is 79.9 Å². The Hall–Kier alpha value is -2.17. The minimum atomic E-state index is -0.869. The highest BCUT2D eigenvalue weighted by molar-refractivity contribution is 5.76. The molecule has 67 heavy (non-hydrogen) atoms. The summed E-state index contributed by atoms with van der Waals surface area (Å²) in [5, 5.41) is 23.2. The topological polar surface area (TPSA) is 69.6 Å². The summed E-state index contributed by atoms with van der Waals surface area (Å²) in [7, 11) is 0. The summed E-state index contributed by atoms with van der Waals surface area (Å²) in [6.07, 6.45) is 83.7. The van der Waals surface area contributed by atoms with Gasteiger partial charge in [0, 0.05) is 6.42 Å². The van der Waals surface area contributed by atoms with E-state index >= 15 is 0 Å². The Morgan fingerprint density at radius 1 is 0.373 bits per heavy atom. The molecule has 0 rings (SSSR count). The second-order valence-electron chi connectivity index (χ2n) is 20.0. The predicted octanol–water partition coefficient (Wildman–Crippen LogP) is 19.8. The van der Waals surface area contributed by atoms with Crippen molar-refractivity contribution >= 4 is 5.91 Å². The Kier molecular flexibility index (Phi) is 56.3. The molecule has 0 aromatic heterocycles. The average molecular weight is 935 g/mol. The highest BCUT2D eigenvalue weighted by Gasteiger charge is 2.18. The van der Waals surface area contributed by atoms with Crippen molar-refractivity contribution in [2.45, 2.75) is 315 Å². The van der Waals surface area contributed by atoms with Gasteiger partial charge >= 0.3 is 0 Å². The summed E-state index contributed by atoms with van der Waals surface area (Å²) in [6.45, 7) is 4.21. The molecule has 1 amide bonds. The summed E-state index contributed by atoms with van der Waals surface area (Å²) < 4.78 is 0. The van der Waals surface area contributed by atoms with Gasteiger partial charge < -0.3 is 15.5 Å². The first-order valence-electron chi connectivity index (χ1n) is 29.7. The van der Waals surface area contributed by atoms with Crippen LogP contribution in [0.4, 0.5) is 0 Å². The lowest BCUT2D eigenvalue weighted by atomic mass is 10.0. The Morgan fingerprint density at radius 3 is 1.04 bits per heavy atom. The monoisotopic (exact) mass is 934 g/mol. The summed E-state index contributed by atoms with van der Waals surface area (Å²) in [5.74, 6) is -0.0780. The van der Waals surface area contributed by atoms with Crippen LogP contribution in [0.15, 0.2) is 72.9 Å². The third-order valence-electron chi connectivity index (χ3n) is 13.4. The van der Waals surface area contributed by atoms with Crippen molar-refractivity contribution in [3.05, 3.63) is 72.9 Å². The molecular weight excluding hydrogens is 819 g/mol. The molecule has 0 aromatic carbocycles. The fraction of sp³-hybridized carbons (Fsp3) is 0.794. The van der Waals surface area contributed by atoms with E-state index in [0.29, 0.717) is 6.42 Å². The van der Waals surface area contributed by atoms with Crippen molar-refractivity contribution in [1.82, 2.24) is 5.32 Å². The molecule has 2 unspecified atom stereocenters. The Balaban J connectivity index is 3.52. The number of aliphatic hydroxyl groups is 2. The normalized spacial score (nSPS) is 13.3. The molecule has 2 atom stereocenters. The second kappa shape index (κ2) is 58.1. The number of nitrogens with one attached hydrogen (secondary N) is 1. The molecule has 0 spiro atoms. The van der Waals surface area contributed by atoms with Crippen LogP contribution in [0.2, 0.25) is 0 Å². The van der Waals surface area contributed by atoms with Crippen LogP contribution in [-0.4, -0.2) is 34.9 Å². The molecule has 0 saturated carbocycles. The molecule has 3 N–H and O–H groups in total. The third kappa shape index (κ3) is 54.6. The van der Waals surface area contributed by atoms with Gasteiger partial charge in [0.1, 0.15) is 0 Å². The summed E-state index contributed by atoms with van der Waals surface area (Å²) >= 11 is 0. The van der Waals surface area contributed by atoms with Crippen molar-refractivity contribution in [2.24, 2.45) is 0 Å². The number of hydrogen-bond donors (Lipinski definition) is 3. The molecule has 0 bridgehead atoms. The van der Waals surface area contributed by atoms with E-state index in [1.54, 1.807) is 6.08 Å². The zero-order chi connectivity index (χ0) is 48.5. The maximum absolute atomic E-state index is 12.5. The minimum Gasteiger partial charge on any atom is -0.394 e. The van der Waals surface area contributed by atoms with E-state index in [0.717, 1.165) is 57.8 Å². The maximum Gasteiger partial charge on any atom is 0.220 e. The summed E-state index contributed by atoms with van der Waals surface area (Å²) in [6, 6.07) is -0.647. The number of hydrogen-bond acceptors (Lipinski definition) is 3. The zero-order valence-electron chi connectivity index (χ0n) is 44.9. The van der Waals surface area contributed by atoms with E-state index in [9.17, 15) is 15.0 Å². The van der Waals surface area contributed by atoms with Gasteiger partial charge in [-0.05, 0) is 70.6 Å². The maximum atomic E-state index is 12.5. The zero-order valence-corrected chi connectivity index (χ0v) is 44.9. The molecule has 0 aliphatic heterocycles. The fourth-order valence-electron chi connectivity index (χ4n) is 8.95. The van der Waals surface area contributed by atoms with Gasteiger partial charge in [-0.3, -0.25) is 4.79 Å². The molecule has 390 valence electrons. The highest BCUT2D eigenvalue weighted by atomic mass is 16.3. The van der Waals surface area contributed by atoms with Crippen LogP contribution in [-0.2, 0) is 4.79 Å². The number of allylic oxidation sites excluding steroid dienone is 11. The largest absolute Gasteiger partial charge is 0.394 e. The first kappa shape index (κ1) is 64.8. The quantitative estimate of drug-likeness (QED) is 0.0420. The molecule has 0 heterocycles. The SMILES string of the molecule is CC/C=C\C/C=C\C/C=C\C/C=C\CCCCCCCCCCCCC(=O)NC(CO)C(O)/C=C/CC/C=C/CCCCCCCCCCCCCCCCCCCCCCCCCCCC. The Morgan fingerprint density at radius 2 is 0.672 bits per heavy atom. The van der Waals surface area contributed by atoms with E-state index in [1.807, 2.05) is 6.08 Å². The first-order chi connectivity index (χ1) is 33.2. The van der Waals surface area contributed by atoms with Crippen LogP contribution in [0.5, 0.6) is 0 Å². The van der Waals surface area contributed by atoms with Gasteiger partial charge in [0.25, 0.3) is 0 Å². The third-order valence-corrected chi connectivity index (χ3v) is 13.4. The molecular formula is C63H115NO3. The number of rotatable bonds is 54. The number of unbranched alkanes of at least 4 members (excludes halogenated alkanes) is 37. The van der Waals surface area contributed by atoms with Crippen LogP contribution >= 0.6 is 0 Å². The van der Waals surface area contributed by atoms with E-state index in [-0.39, 0.29) is 12.5 Å². The van der Waals surface area contributed by atoms with Crippen molar-refractivity contribution in [3.8, 4) is 0 Å². The van der Waals surface area contributed by atoms with Gasteiger partial charge in [0.15, 0.2) is 0 Å².